The van der Waals surface area contributed by atoms with Crippen molar-refractivity contribution in [2.75, 3.05) is 18.5 Å². The summed E-state index contributed by atoms with van der Waals surface area (Å²) in [7, 11) is 4.14. The summed E-state index contributed by atoms with van der Waals surface area (Å²) in [4.78, 5) is 2.29. The van der Waals surface area contributed by atoms with Crippen LogP contribution in [0.2, 0.25) is 0 Å². The zero-order valence-electron chi connectivity index (χ0n) is 14.3. The minimum Gasteiger partial charge on any atom is -0.393 e. The highest BCUT2D eigenvalue weighted by atomic mass is 16.3. The van der Waals surface area contributed by atoms with E-state index in [1.807, 2.05) is 11.7 Å². The quantitative estimate of drug-likeness (QED) is 0.870. The van der Waals surface area contributed by atoms with Crippen molar-refractivity contribution < 1.29 is 5.11 Å². The SMILES string of the molecule is Cc1nn(C)c(N(C)CC2CC(O)C2)c1CNC(C)(C)C. The van der Waals surface area contributed by atoms with Gasteiger partial charge >= 0.3 is 0 Å². The Morgan fingerprint density at radius 1 is 1.38 bits per heavy atom. The fraction of sp³-hybridized carbons (Fsp3) is 0.812. The maximum absolute atomic E-state index is 9.44. The Kier molecular flexibility index (Phi) is 4.63. The first kappa shape index (κ1) is 16.3. The maximum Gasteiger partial charge on any atom is 0.131 e. The third-order valence-corrected chi connectivity index (χ3v) is 4.21. The van der Waals surface area contributed by atoms with Gasteiger partial charge in [0.25, 0.3) is 0 Å². The summed E-state index contributed by atoms with van der Waals surface area (Å²) in [5.74, 6) is 1.79. The molecule has 1 aromatic rings. The van der Waals surface area contributed by atoms with E-state index in [0.717, 1.165) is 31.6 Å². The van der Waals surface area contributed by atoms with Crippen LogP contribution < -0.4 is 10.2 Å². The number of nitrogens with zero attached hydrogens (tertiary/aromatic N) is 3. The molecule has 5 heteroatoms. The molecule has 0 aliphatic heterocycles. The number of hydrogen-bond donors (Lipinski definition) is 2. The van der Waals surface area contributed by atoms with Crippen LogP contribution >= 0.6 is 0 Å². The van der Waals surface area contributed by atoms with Crippen LogP contribution in [0, 0.1) is 12.8 Å². The molecular formula is C16H30N4O. The second kappa shape index (κ2) is 5.97. The van der Waals surface area contributed by atoms with E-state index in [9.17, 15) is 5.11 Å². The first-order chi connectivity index (χ1) is 9.67. The topological polar surface area (TPSA) is 53.3 Å². The molecule has 1 fully saturated rings. The molecule has 1 aliphatic rings. The lowest BCUT2D eigenvalue weighted by Gasteiger charge is -2.35. The second-order valence-electron chi connectivity index (χ2n) is 7.49. The first-order valence-corrected chi connectivity index (χ1v) is 7.84. The van der Waals surface area contributed by atoms with Gasteiger partial charge in [0.05, 0.1) is 11.8 Å². The highest BCUT2D eigenvalue weighted by molar-refractivity contribution is 5.49. The van der Waals surface area contributed by atoms with Crippen molar-refractivity contribution in [2.24, 2.45) is 13.0 Å². The van der Waals surface area contributed by atoms with Gasteiger partial charge in [0.1, 0.15) is 5.82 Å². The highest BCUT2D eigenvalue weighted by Gasteiger charge is 2.29. The molecular weight excluding hydrogens is 264 g/mol. The summed E-state index contributed by atoms with van der Waals surface area (Å²) in [6, 6.07) is 0. The Bertz CT molecular complexity index is 483. The Labute approximate surface area is 128 Å². The molecule has 0 spiro atoms. The van der Waals surface area contributed by atoms with Crippen LogP contribution in [0.15, 0.2) is 0 Å². The summed E-state index contributed by atoms with van der Waals surface area (Å²) in [5, 5.41) is 17.6. The Balaban J connectivity index is 2.10. The fourth-order valence-corrected chi connectivity index (χ4v) is 3.05. The van der Waals surface area contributed by atoms with Crippen LogP contribution in [0.3, 0.4) is 0 Å². The monoisotopic (exact) mass is 294 g/mol. The van der Waals surface area contributed by atoms with Gasteiger partial charge < -0.3 is 15.3 Å². The van der Waals surface area contributed by atoms with Gasteiger partial charge in [-0.25, -0.2) is 0 Å². The van der Waals surface area contributed by atoms with E-state index in [0.29, 0.717) is 5.92 Å². The van der Waals surface area contributed by atoms with Crippen molar-refractivity contribution in [1.29, 1.82) is 0 Å². The molecule has 1 saturated carbocycles. The number of aromatic nitrogens is 2. The molecule has 1 aromatic heterocycles. The van der Waals surface area contributed by atoms with Gasteiger partial charge in [0, 0.05) is 38.3 Å². The summed E-state index contributed by atoms with van der Waals surface area (Å²) >= 11 is 0. The number of nitrogens with one attached hydrogen (secondary N) is 1. The predicted molar refractivity (Wildman–Crippen MR) is 86.5 cm³/mol. The molecule has 1 aliphatic carbocycles. The second-order valence-corrected chi connectivity index (χ2v) is 7.49. The molecule has 1 heterocycles. The van der Waals surface area contributed by atoms with Crippen molar-refractivity contribution >= 4 is 5.82 Å². The van der Waals surface area contributed by atoms with E-state index in [4.69, 9.17) is 0 Å². The largest absolute Gasteiger partial charge is 0.393 e. The van der Waals surface area contributed by atoms with E-state index in [1.165, 1.54) is 11.4 Å². The lowest BCUT2D eigenvalue weighted by atomic mass is 9.82. The summed E-state index contributed by atoms with van der Waals surface area (Å²) in [6.07, 6.45) is 1.77. The summed E-state index contributed by atoms with van der Waals surface area (Å²) in [6.45, 7) is 10.4. The number of anilines is 1. The Hall–Kier alpha value is -1.07. The molecule has 2 N–H and O–H groups in total. The molecule has 0 saturated heterocycles. The zero-order valence-corrected chi connectivity index (χ0v) is 14.3. The van der Waals surface area contributed by atoms with Gasteiger partial charge in [-0.1, -0.05) is 0 Å². The maximum atomic E-state index is 9.44. The van der Waals surface area contributed by atoms with Crippen LogP contribution in [0.25, 0.3) is 0 Å². The van der Waals surface area contributed by atoms with Crippen molar-refractivity contribution in [3.8, 4) is 0 Å². The minimum absolute atomic E-state index is 0.0845. The van der Waals surface area contributed by atoms with Crippen molar-refractivity contribution in [2.45, 2.75) is 58.7 Å². The molecule has 0 amide bonds. The molecule has 5 nitrogen and oxygen atoms in total. The molecule has 0 unspecified atom stereocenters. The average molecular weight is 294 g/mol. The summed E-state index contributed by atoms with van der Waals surface area (Å²) in [5.41, 5.74) is 2.45. The number of aliphatic hydroxyl groups excluding tert-OH is 1. The standard InChI is InChI=1S/C16H30N4O/c1-11-14(9-17-16(2,3)4)15(20(6)18-11)19(5)10-12-7-13(21)8-12/h12-13,17,21H,7-10H2,1-6H3. The normalized spacial score (nSPS) is 22.2. The van der Waals surface area contributed by atoms with Crippen LogP contribution in [0.4, 0.5) is 5.82 Å². The number of rotatable bonds is 5. The number of aryl methyl sites for hydroxylation is 2. The number of hydrogen-bond acceptors (Lipinski definition) is 4. The van der Waals surface area contributed by atoms with Gasteiger partial charge in [-0.05, 0) is 46.5 Å². The lowest BCUT2D eigenvalue weighted by Crippen LogP contribution is -2.39. The van der Waals surface area contributed by atoms with Gasteiger partial charge in [-0.3, -0.25) is 4.68 Å². The van der Waals surface area contributed by atoms with Crippen LogP contribution in [0.5, 0.6) is 0 Å². The van der Waals surface area contributed by atoms with Crippen molar-refractivity contribution in [3.05, 3.63) is 11.3 Å². The van der Waals surface area contributed by atoms with Gasteiger partial charge in [-0.15, -0.1) is 0 Å². The van der Waals surface area contributed by atoms with Crippen LogP contribution in [-0.2, 0) is 13.6 Å². The van der Waals surface area contributed by atoms with Crippen LogP contribution in [-0.4, -0.2) is 40.1 Å². The van der Waals surface area contributed by atoms with Crippen LogP contribution in [0.1, 0.15) is 44.9 Å². The lowest BCUT2D eigenvalue weighted by molar-refractivity contribution is 0.0463. The van der Waals surface area contributed by atoms with E-state index in [-0.39, 0.29) is 11.6 Å². The molecule has 0 atom stereocenters. The third-order valence-electron chi connectivity index (χ3n) is 4.21. The minimum atomic E-state index is -0.0845. The third kappa shape index (κ3) is 3.98. The molecule has 21 heavy (non-hydrogen) atoms. The average Bonchev–Trinajstić information content (AvgIpc) is 2.58. The Morgan fingerprint density at radius 3 is 2.52 bits per heavy atom. The smallest absolute Gasteiger partial charge is 0.131 e. The van der Waals surface area contributed by atoms with E-state index in [2.05, 4.69) is 50.1 Å². The summed E-state index contributed by atoms with van der Waals surface area (Å²) < 4.78 is 1.98. The number of aliphatic hydroxyl groups is 1. The van der Waals surface area contributed by atoms with Gasteiger partial charge in [0.15, 0.2) is 0 Å². The molecule has 0 bridgehead atoms. The first-order valence-electron chi connectivity index (χ1n) is 7.84. The van der Waals surface area contributed by atoms with Crippen molar-refractivity contribution in [1.82, 2.24) is 15.1 Å². The van der Waals surface area contributed by atoms with Gasteiger partial charge in [-0.2, -0.15) is 5.10 Å². The highest BCUT2D eigenvalue weighted by Crippen LogP contribution is 2.30. The predicted octanol–water partition coefficient (Wildman–Crippen LogP) is 1.82. The molecule has 0 radical (unpaired) electrons. The van der Waals surface area contributed by atoms with E-state index >= 15 is 0 Å². The fourth-order valence-electron chi connectivity index (χ4n) is 3.05. The molecule has 120 valence electrons. The van der Waals surface area contributed by atoms with E-state index < -0.39 is 0 Å². The van der Waals surface area contributed by atoms with E-state index in [1.54, 1.807) is 0 Å². The molecule has 0 aromatic carbocycles. The van der Waals surface area contributed by atoms with Gasteiger partial charge in [0.2, 0.25) is 0 Å². The van der Waals surface area contributed by atoms with Crippen molar-refractivity contribution in [3.63, 3.8) is 0 Å². The zero-order chi connectivity index (χ0) is 15.8. The molecule has 2 rings (SSSR count). The Morgan fingerprint density at radius 2 is 2.00 bits per heavy atom.